The lowest BCUT2D eigenvalue weighted by Crippen LogP contribution is -2.40. The van der Waals surface area contributed by atoms with E-state index >= 15 is 0 Å². The maximum Gasteiger partial charge on any atom is 0.158 e. The normalized spacial score (nSPS) is 13.1. The second-order valence-electron chi connectivity index (χ2n) is 3.10. The zero-order valence-corrected chi connectivity index (χ0v) is 9.16. The van der Waals surface area contributed by atoms with Gasteiger partial charge in [-0.05, 0) is 13.0 Å². The molecule has 1 atom stereocenters. The van der Waals surface area contributed by atoms with Gasteiger partial charge in [-0.15, -0.1) is 6.58 Å². The molecule has 0 heterocycles. The molecule has 0 aromatic rings. The first-order valence-corrected chi connectivity index (χ1v) is 4.88. The Morgan fingerprint density at radius 1 is 1.43 bits per heavy atom. The van der Waals surface area contributed by atoms with E-state index in [0.717, 1.165) is 19.4 Å². The maximum absolute atomic E-state index is 5.61. The molecule has 0 radical (unpaired) electrons. The molecule has 0 amide bonds. The summed E-state index contributed by atoms with van der Waals surface area (Å²) in [5, 5.41) is 3.31. The van der Waals surface area contributed by atoms with E-state index in [0.29, 0.717) is 6.54 Å². The van der Waals surface area contributed by atoms with Crippen LogP contribution in [0.15, 0.2) is 12.7 Å². The van der Waals surface area contributed by atoms with Crippen LogP contribution < -0.4 is 11.1 Å². The molecule has 0 aliphatic heterocycles. The van der Waals surface area contributed by atoms with Crippen molar-refractivity contribution < 1.29 is 9.47 Å². The molecule has 0 bridgehead atoms. The molecule has 84 valence electrons. The minimum absolute atomic E-state index is 0.181. The van der Waals surface area contributed by atoms with Gasteiger partial charge in [0.1, 0.15) is 0 Å². The molecule has 0 saturated heterocycles. The molecule has 0 saturated carbocycles. The van der Waals surface area contributed by atoms with Crippen LogP contribution in [0.4, 0.5) is 0 Å². The predicted molar refractivity (Wildman–Crippen MR) is 58.1 cm³/mol. The summed E-state index contributed by atoms with van der Waals surface area (Å²) in [5.74, 6) is 0. The molecular weight excluding hydrogens is 180 g/mol. The molecule has 0 fully saturated rings. The molecule has 4 heteroatoms. The topological polar surface area (TPSA) is 56.5 Å². The number of hydrogen-bond acceptors (Lipinski definition) is 4. The standard InChI is InChI=1S/C10H22N2O2/c1-4-5-6-12-9(8-11)7-10(13-2)14-3/h4,9-10,12H,1,5-8,11H2,2-3H3. The van der Waals surface area contributed by atoms with E-state index in [1.165, 1.54) is 0 Å². The Labute approximate surface area is 86.5 Å². The van der Waals surface area contributed by atoms with Gasteiger partial charge in [0.2, 0.25) is 0 Å². The fraction of sp³-hybridized carbons (Fsp3) is 0.800. The third-order valence-corrected chi connectivity index (χ3v) is 2.07. The third kappa shape index (κ3) is 6.10. The van der Waals surface area contributed by atoms with Crippen LogP contribution >= 0.6 is 0 Å². The van der Waals surface area contributed by atoms with Crippen LogP contribution in [0.25, 0.3) is 0 Å². The average molecular weight is 202 g/mol. The first-order chi connectivity index (χ1) is 6.78. The van der Waals surface area contributed by atoms with Gasteiger partial charge in [-0.25, -0.2) is 0 Å². The molecule has 0 aromatic carbocycles. The monoisotopic (exact) mass is 202 g/mol. The van der Waals surface area contributed by atoms with E-state index in [1.807, 2.05) is 6.08 Å². The molecule has 4 nitrogen and oxygen atoms in total. The average Bonchev–Trinajstić information content (AvgIpc) is 2.23. The highest BCUT2D eigenvalue weighted by Gasteiger charge is 2.13. The Balaban J connectivity index is 3.70. The van der Waals surface area contributed by atoms with E-state index in [-0.39, 0.29) is 12.3 Å². The quantitative estimate of drug-likeness (QED) is 0.324. The van der Waals surface area contributed by atoms with Gasteiger partial charge < -0.3 is 20.5 Å². The van der Waals surface area contributed by atoms with Crippen molar-refractivity contribution in [2.24, 2.45) is 5.73 Å². The lowest BCUT2D eigenvalue weighted by Gasteiger charge is -2.21. The van der Waals surface area contributed by atoms with Crippen LogP contribution in [-0.4, -0.2) is 39.6 Å². The van der Waals surface area contributed by atoms with E-state index in [9.17, 15) is 0 Å². The molecule has 0 aromatic heterocycles. The molecule has 1 unspecified atom stereocenters. The summed E-state index contributed by atoms with van der Waals surface area (Å²) >= 11 is 0. The van der Waals surface area contributed by atoms with Crippen LogP contribution in [0, 0.1) is 0 Å². The molecular formula is C10H22N2O2. The van der Waals surface area contributed by atoms with Crippen molar-refractivity contribution in [3.8, 4) is 0 Å². The molecule has 0 aliphatic rings. The smallest absolute Gasteiger partial charge is 0.158 e. The van der Waals surface area contributed by atoms with Crippen molar-refractivity contribution in [1.29, 1.82) is 0 Å². The van der Waals surface area contributed by atoms with Gasteiger partial charge >= 0.3 is 0 Å². The molecule has 0 spiro atoms. The van der Waals surface area contributed by atoms with Gasteiger partial charge in [0.25, 0.3) is 0 Å². The number of rotatable bonds is 9. The number of methoxy groups -OCH3 is 2. The second-order valence-corrected chi connectivity index (χ2v) is 3.10. The van der Waals surface area contributed by atoms with Crippen molar-refractivity contribution in [3.63, 3.8) is 0 Å². The van der Waals surface area contributed by atoms with Gasteiger partial charge in [0, 0.05) is 33.2 Å². The van der Waals surface area contributed by atoms with Gasteiger partial charge in [-0.1, -0.05) is 6.08 Å². The fourth-order valence-electron chi connectivity index (χ4n) is 1.17. The molecule has 0 aliphatic carbocycles. The lowest BCUT2D eigenvalue weighted by molar-refractivity contribution is -0.110. The molecule has 14 heavy (non-hydrogen) atoms. The summed E-state index contributed by atoms with van der Waals surface area (Å²) in [4.78, 5) is 0. The van der Waals surface area contributed by atoms with E-state index < -0.39 is 0 Å². The third-order valence-electron chi connectivity index (χ3n) is 2.07. The number of ether oxygens (including phenoxy) is 2. The van der Waals surface area contributed by atoms with Crippen molar-refractivity contribution in [2.45, 2.75) is 25.2 Å². The summed E-state index contributed by atoms with van der Waals surface area (Å²) in [5.41, 5.74) is 5.61. The summed E-state index contributed by atoms with van der Waals surface area (Å²) in [6.07, 6.45) is 3.41. The number of nitrogens with two attached hydrogens (primary N) is 1. The fourth-order valence-corrected chi connectivity index (χ4v) is 1.17. The Kier molecular flexibility index (Phi) is 8.87. The van der Waals surface area contributed by atoms with E-state index in [1.54, 1.807) is 14.2 Å². The van der Waals surface area contributed by atoms with E-state index in [2.05, 4.69) is 11.9 Å². The van der Waals surface area contributed by atoms with Crippen LogP contribution in [0.1, 0.15) is 12.8 Å². The lowest BCUT2D eigenvalue weighted by atomic mass is 10.2. The van der Waals surface area contributed by atoms with Crippen molar-refractivity contribution in [3.05, 3.63) is 12.7 Å². The van der Waals surface area contributed by atoms with Crippen molar-refractivity contribution in [2.75, 3.05) is 27.3 Å². The highest BCUT2D eigenvalue weighted by Crippen LogP contribution is 2.01. The number of hydrogen-bond donors (Lipinski definition) is 2. The summed E-state index contributed by atoms with van der Waals surface area (Å²) < 4.78 is 10.2. The summed E-state index contributed by atoms with van der Waals surface area (Å²) in [6.45, 7) is 5.13. The Hall–Kier alpha value is -0.420. The molecule has 0 rings (SSSR count). The van der Waals surface area contributed by atoms with Crippen LogP contribution in [0.3, 0.4) is 0 Å². The summed E-state index contributed by atoms with van der Waals surface area (Å²) in [7, 11) is 3.26. The minimum atomic E-state index is -0.181. The van der Waals surface area contributed by atoms with Gasteiger partial charge in [0.15, 0.2) is 6.29 Å². The van der Waals surface area contributed by atoms with Crippen molar-refractivity contribution in [1.82, 2.24) is 5.32 Å². The largest absolute Gasteiger partial charge is 0.356 e. The maximum atomic E-state index is 5.61. The SMILES string of the molecule is C=CCCNC(CN)CC(OC)OC. The predicted octanol–water partition coefficient (Wildman–Crippen LogP) is 0.488. The Morgan fingerprint density at radius 3 is 2.50 bits per heavy atom. The molecule has 3 N–H and O–H groups in total. The number of nitrogens with one attached hydrogen (secondary N) is 1. The first-order valence-electron chi connectivity index (χ1n) is 4.88. The van der Waals surface area contributed by atoms with Gasteiger partial charge in [0.05, 0.1) is 0 Å². The minimum Gasteiger partial charge on any atom is -0.356 e. The second kappa shape index (κ2) is 9.15. The Bertz CT molecular complexity index is 138. The van der Waals surface area contributed by atoms with E-state index in [4.69, 9.17) is 15.2 Å². The zero-order chi connectivity index (χ0) is 10.8. The highest BCUT2D eigenvalue weighted by atomic mass is 16.7. The van der Waals surface area contributed by atoms with Crippen LogP contribution in [0.2, 0.25) is 0 Å². The van der Waals surface area contributed by atoms with Crippen molar-refractivity contribution >= 4 is 0 Å². The van der Waals surface area contributed by atoms with Gasteiger partial charge in [-0.2, -0.15) is 0 Å². The first kappa shape index (κ1) is 13.6. The Morgan fingerprint density at radius 2 is 2.07 bits per heavy atom. The highest BCUT2D eigenvalue weighted by molar-refractivity contribution is 4.73. The van der Waals surface area contributed by atoms with Crippen LogP contribution in [0.5, 0.6) is 0 Å². The summed E-state index contributed by atoms with van der Waals surface area (Å²) in [6, 6.07) is 0.236. The zero-order valence-electron chi connectivity index (χ0n) is 9.16. The van der Waals surface area contributed by atoms with Gasteiger partial charge in [-0.3, -0.25) is 0 Å². The van der Waals surface area contributed by atoms with Crippen LogP contribution in [-0.2, 0) is 9.47 Å².